The topological polar surface area (TPSA) is 93.9 Å². The van der Waals surface area contributed by atoms with Crippen LogP contribution in [0, 0.1) is 12.8 Å². The maximum Gasteiger partial charge on any atom is 0.229 e. The van der Waals surface area contributed by atoms with Crippen LogP contribution >= 0.6 is 0 Å². The maximum atomic E-state index is 13.0. The molecule has 1 aliphatic heterocycles. The zero-order chi connectivity index (χ0) is 20.4. The first-order chi connectivity index (χ1) is 14.1. The summed E-state index contributed by atoms with van der Waals surface area (Å²) in [5, 5.41) is 15.8. The van der Waals surface area contributed by atoms with Gasteiger partial charge in [0.1, 0.15) is 17.3 Å². The average molecular weight is 396 g/mol. The molecule has 0 bridgehead atoms. The van der Waals surface area contributed by atoms with Crippen LogP contribution in [0.5, 0.6) is 11.5 Å². The Bertz CT molecular complexity index is 1030. The number of piperidine rings is 1. The maximum absolute atomic E-state index is 13.0. The lowest BCUT2D eigenvalue weighted by Crippen LogP contribution is -2.41. The van der Waals surface area contributed by atoms with Crippen LogP contribution in [0.2, 0.25) is 0 Å². The fourth-order valence-electron chi connectivity index (χ4n) is 3.60. The van der Waals surface area contributed by atoms with E-state index in [0.717, 1.165) is 31.0 Å². The summed E-state index contributed by atoms with van der Waals surface area (Å²) >= 11 is 0. The summed E-state index contributed by atoms with van der Waals surface area (Å²) < 4.78 is 12.3. The van der Waals surface area contributed by atoms with Crippen LogP contribution in [-0.2, 0) is 4.79 Å². The number of nitrogens with zero attached hydrogens (tertiary/aromatic N) is 5. The molecule has 1 atom stereocenters. The van der Waals surface area contributed by atoms with E-state index in [1.54, 1.807) is 36.9 Å². The van der Waals surface area contributed by atoms with Gasteiger partial charge in [0, 0.05) is 19.2 Å². The van der Waals surface area contributed by atoms with Gasteiger partial charge < -0.3 is 19.7 Å². The molecule has 1 N–H and O–H groups in total. The highest BCUT2D eigenvalue weighted by atomic mass is 16.5. The van der Waals surface area contributed by atoms with E-state index < -0.39 is 0 Å². The van der Waals surface area contributed by atoms with Crippen LogP contribution in [0.1, 0.15) is 18.7 Å². The van der Waals surface area contributed by atoms with Crippen LogP contribution in [0.15, 0.2) is 30.3 Å². The molecular formula is C20H24N6O3. The van der Waals surface area contributed by atoms with Crippen molar-refractivity contribution in [2.24, 2.45) is 5.92 Å². The largest absolute Gasteiger partial charge is 0.497 e. The average Bonchev–Trinajstić information content (AvgIpc) is 3.14. The number of rotatable bonds is 5. The molecule has 0 saturated carbocycles. The van der Waals surface area contributed by atoms with Gasteiger partial charge in [-0.25, -0.2) is 0 Å². The number of hydrogen-bond acceptors (Lipinski definition) is 7. The molecule has 1 aromatic carbocycles. The van der Waals surface area contributed by atoms with Gasteiger partial charge in [-0.1, -0.05) is 0 Å². The first-order valence-corrected chi connectivity index (χ1v) is 9.56. The molecule has 0 spiro atoms. The number of aromatic nitrogens is 4. The number of hydrogen-bond donors (Lipinski definition) is 1. The third kappa shape index (κ3) is 3.80. The van der Waals surface area contributed by atoms with E-state index in [1.165, 1.54) is 0 Å². The fourth-order valence-corrected chi connectivity index (χ4v) is 3.60. The lowest BCUT2D eigenvalue weighted by Gasteiger charge is -2.32. The summed E-state index contributed by atoms with van der Waals surface area (Å²) in [5.41, 5.74) is 1.32. The van der Waals surface area contributed by atoms with Crippen molar-refractivity contribution in [3.05, 3.63) is 36.2 Å². The molecule has 152 valence electrons. The van der Waals surface area contributed by atoms with Crippen LogP contribution in [0.4, 0.5) is 11.5 Å². The Morgan fingerprint density at radius 1 is 1.17 bits per heavy atom. The van der Waals surface area contributed by atoms with Crippen molar-refractivity contribution < 1.29 is 14.3 Å². The molecule has 1 fully saturated rings. The summed E-state index contributed by atoms with van der Waals surface area (Å²) in [5.74, 6) is 2.62. The normalized spacial score (nSPS) is 16.7. The van der Waals surface area contributed by atoms with Crippen LogP contribution in [-0.4, -0.2) is 53.0 Å². The predicted molar refractivity (Wildman–Crippen MR) is 109 cm³/mol. The fraction of sp³-hybridized carbons (Fsp3) is 0.400. The summed E-state index contributed by atoms with van der Waals surface area (Å²) in [4.78, 5) is 15.1. The Kier molecular flexibility index (Phi) is 5.20. The highest BCUT2D eigenvalue weighted by Crippen LogP contribution is 2.30. The Morgan fingerprint density at radius 2 is 2.03 bits per heavy atom. The molecule has 29 heavy (non-hydrogen) atoms. The molecule has 3 aromatic rings. The molecule has 1 aliphatic rings. The number of nitrogens with one attached hydrogen (secondary N) is 1. The number of amides is 1. The first-order valence-electron chi connectivity index (χ1n) is 9.56. The Morgan fingerprint density at radius 3 is 2.83 bits per heavy atom. The minimum atomic E-state index is -0.154. The molecule has 0 radical (unpaired) electrons. The Labute approximate surface area is 168 Å². The molecule has 1 saturated heterocycles. The summed E-state index contributed by atoms with van der Waals surface area (Å²) in [6.07, 6.45) is 1.73. The molecule has 3 heterocycles. The molecule has 1 unspecified atom stereocenters. The molecule has 0 aliphatic carbocycles. The predicted octanol–water partition coefficient (Wildman–Crippen LogP) is 2.31. The van der Waals surface area contributed by atoms with Crippen LogP contribution in [0.3, 0.4) is 0 Å². The van der Waals surface area contributed by atoms with Crippen molar-refractivity contribution in [1.29, 1.82) is 0 Å². The van der Waals surface area contributed by atoms with Gasteiger partial charge in [-0.15, -0.1) is 15.3 Å². The minimum absolute atomic E-state index is 0.0391. The van der Waals surface area contributed by atoms with E-state index in [0.29, 0.717) is 29.4 Å². The van der Waals surface area contributed by atoms with E-state index in [-0.39, 0.29) is 11.8 Å². The van der Waals surface area contributed by atoms with E-state index in [2.05, 4.69) is 25.5 Å². The zero-order valence-corrected chi connectivity index (χ0v) is 16.8. The molecule has 9 nitrogen and oxygen atoms in total. The van der Waals surface area contributed by atoms with Crippen molar-refractivity contribution in [2.75, 3.05) is 37.5 Å². The molecular weight excluding hydrogens is 372 g/mol. The molecule has 4 rings (SSSR count). The van der Waals surface area contributed by atoms with Gasteiger partial charge in [0.2, 0.25) is 5.91 Å². The number of fused-ring (bicyclic) bond motifs is 1. The highest BCUT2D eigenvalue weighted by molar-refractivity contribution is 5.94. The van der Waals surface area contributed by atoms with Gasteiger partial charge in [-0.05, 0) is 44.0 Å². The first kappa shape index (κ1) is 19.0. The number of anilines is 2. The van der Waals surface area contributed by atoms with Crippen molar-refractivity contribution in [3.63, 3.8) is 0 Å². The van der Waals surface area contributed by atoms with Crippen molar-refractivity contribution in [2.45, 2.75) is 19.8 Å². The third-order valence-corrected chi connectivity index (χ3v) is 5.19. The second-order valence-electron chi connectivity index (χ2n) is 7.05. The number of ether oxygens (including phenoxy) is 2. The van der Waals surface area contributed by atoms with Crippen molar-refractivity contribution in [1.82, 2.24) is 19.8 Å². The van der Waals surface area contributed by atoms with Crippen molar-refractivity contribution in [3.8, 4) is 11.5 Å². The summed E-state index contributed by atoms with van der Waals surface area (Å²) in [7, 11) is 3.17. The lowest BCUT2D eigenvalue weighted by molar-refractivity contribution is -0.120. The lowest BCUT2D eigenvalue weighted by atomic mass is 9.97. The number of carbonyl (C=O) groups excluding carboxylic acids is 1. The van der Waals surface area contributed by atoms with E-state index in [9.17, 15) is 4.79 Å². The van der Waals surface area contributed by atoms with Gasteiger partial charge in [-0.3, -0.25) is 4.79 Å². The van der Waals surface area contributed by atoms with Crippen molar-refractivity contribution >= 4 is 23.1 Å². The van der Waals surface area contributed by atoms with E-state index in [1.807, 2.05) is 19.1 Å². The Balaban J connectivity index is 1.50. The van der Waals surface area contributed by atoms with Gasteiger partial charge >= 0.3 is 0 Å². The molecule has 9 heteroatoms. The summed E-state index contributed by atoms with van der Waals surface area (Å²) in [6.45, 7) is 3.31. The van der Waals surface area contributed by atoms with Gasteiger partial charge in [0.25, 0.3) is 0 Å². The quantitative estimate of drug-likeness (QED) is 0.707. The standard InChI is InChI=1S/C20H24N6O3/c1-13-22-23-18-8-9-19(24-26(13)18)25-10-4-5-14(12-25)20(27)21-16-11-15(28-2)6-7-17(16)29-3/h6-9,11,14H,4-5,10,12H2,1-3H3,(H,21,27). The van der Waals surface area contributed by atoms with E-state index >= 15 is 0 Å². The number of carbonyl (C=O) groups is 1. The molecule has 2 aromatic heterocycles. The third-order valence-electron chi connectivity index (χ3n) is 5.19. The van der Waals surface area contributed by atoms with Gasteiger partial charge in [0.05, 0.1) is 25.8 Å². The molecule has 1 amide bonds. The van der Waals surface area contributed by atoms with Gasteiger partial charge in [0.15, 0.2) is 11.5 Å². The monoisotopic (exact) mass is 396 g/mol. The van der Waals surface area contributed by atoms with E-state index in [4.69, 9.17) is 9.47 Å². The van der Waals surface area contributed by atoms with Gasteiger partial charge in [-0.2, -0.15) is 4.52 Å². The second-order valence-corrected chi connectivity index (χ2v) is 7.05. The SMILES string of the molecule is COc1ccc(OC)c(NC(=O)C2CCCN(c3ccc4nnc(C)n4n3)C2)c1. The minimum Gasteiger partial charge on any atom is -0.497 e. The number of methoxy groups -OCH3 is 2. The Hall–Kier alpha value is -3.36. The summed E-state index contributed by atoms with van der Waals surface area (Å²) in [6, 6.07) is 9.16. The number of benzene rings is 1. The van der Waals surface area contributed by atoms with Crippen LogP contribution < -0.4 is 19.7 Å². The van der Waals surface area contributed by atoms with Crippen LogP contribution in [0.25, 0.3) is 5.65 Å². The second kappa shape index (κ2) is 7.94. The zero-order valence-electron chi connectivity index (χ0n) is 16.8. The smallest absolute Gasteiger partial charge is 0.229 e. The highest BCUT2D eigenvalue weighted by Gasteiger charge is 2.27. The number of aryl methyl sites for hydroxylation is 1.